The van der Waals surface area contributed by atoms with Gasteiger partial charge < -0.3 is 4.90 Å². The van der Waals surface area contributed by atoms with Crippen molar-refractivity contribution in [3.05, 3.63) is 121 Å². The van der Waals surface area contributed by atoms with E-state index in [2.05, 4.69) is 133 Å². The van der Waals surface area contributed by atoms with Crippen molar-refractivity contribution in [1.82, 2.24) is 0 Å². The summed E-state index contributed by atoms with van der Waals surface area (Å²) in [5.74, 6) is 0. The first-order valence-electron chi connectivity index (χ1n) is 10.3. The van der Waals surface area contributed by atoms with E-state index in [4.69, 9.17) is 0 Å². The van der Waals surface area contributed by atoms with Crippen LogP contribution in [0.4, 0.5) is 11.4 Å². The molecule has 0 heterocycles. The molecule has 0 N–H and O–H groups in total. The molecule has 0 saturated heterocycles. The van der Waals surface area contributed by atoms with E-state index in [1.54, 1.807) is 0 Å². The van der Waals surface area contributed by atoms with Gasteiger partial charge in [-0.2, -0.15) is 0 Å². The quantitative estimate of drug-likeness (QED) is 0.303. The van der Waals surface area contributed by atoms with Crippen LogP contribution < -0.4 is 4.90 Å². The summed E-state index contributed by atoms with van der Waals surface area (Å²) in [6.45, 7) is 0. The predicted molar refractivity (Wildman–Crippen MR) is 129 cm³/mol. The maximum Gasteiger partial charge on any atom is 0.0414 e. The highest BCUT2D eigenvalue weighted by atomic mass is 15.1. The molecule has 0 aliphatic rings. The van der Waals surface area contributed by atoms with Gasteiger partial charge in [0, 0.05) is 18.4 Å². The number of anilines is 2. The number of nitrogens with zero attached hydrogens (tertiary/aromatic N) is 1. The second-order valence-electron chi connectivity index (χ2n) is 7.58. The normalized spacial score (nSPS) is 10.8. The first-order chi connectivity index (χ1) is 14.8. The van der Waals surface area contributed by atoms with Crippen molar-refractivity contribution in [2.45, 2.75) is 0 Å². The van der Waals surface area contributed by atoms with Gasteiger partial charge in [-0.3, -0.25) is 0 Å². The van der Waals surface area contributed by atoms with Gasteiger partial charge >= 0.3 is 0 Å². The summed E-state index contributed by atoms with van der Waals surface area (Å²) in [5, 5.41) is 2.51. The average Bonchev–Trinajstić information content (AvgIpc) is 2.84. The predicted octanol–water partition coefficient (Wildman–Crippen LogP) is 7.94. The topological polar surface area (TPSA) is 3.24 Å². The molecule has 0 radical (unpaired) electrons. The standard InChI is InChI=1S/C29H23N/c1-30(28-17-14-24(15-18-28)22-8-4-2-5-9-22)29-19-16-25-12-13-26(20-27(25)21-29)23-10-6-3-7-11-23/h2-21H,1H3. The van der Waals surface area contributed by atoms with Crippen LogP contribution >= 0.6 is 0 Å². The largest absolute Gasteiger partial charge is 0.345 e. The molecule has 0 bridgehead atoms. The summed E-state index contributed by atoms with van der Waals surface area (Å²) in [4.78, 5) is 2.24. The molecule has 0 saturated carbocycles. The Morgan fingerprint density at radius 1 is 0.400 bits per heavy atom. The zero-order chi connectivity index (χ0) is 20.3. The van der Waals surface area contributed by atoms with Crippen molar-refractivity contribution in [1.29, 1.82) is 0 Å². The number of hydrogen-bond acceptors (Lipinski definition) is 1. The highest BCUT2D eigenvalue weighted by Crippen LogP contribution is 2.31. The van der Waals surface area contributed by atoms with Crippen LogP contribution in [0, 0.1) is 0 Å². The molecule has 0 atom stereocenters. The van der Waals surface area contributed by atoms with Crippen molar-refractivity contribution in [2.75, 3.05) is 11.9 Å². The van der Waals surface area contributed by atoms with E-state index in [1.165, 1.54) is 44.4 Å². The Morgan fingerprint density at radius 3 is 1.57 bits per heavy atom. The molecule has 0 amide bonds. The summed E-state index contributed by atoms with van der Waals surface area (Å²) in [7, 11) is 2.12. The molecule has 5 aromatic carbocycles. The Morgan fingerprint density at radius 2 is 0.900 bits per heavy atom. The molecule has 0 unspecified atom stereocenters. The second kappa shape index (κ2) is 7.88. The van der Waals surface area contributed by atoms with E-state index < -0.39 is 0 Å². The molecule has 0 aliphatic heterocycles. The molecule has 5 aromatic rings. The monoisotopic (exact) mass is 385 g/mol. The molecule has 1 heteroatoms. The number of fused-ring (bicyclic) bond motifs is 1. The van der Waals surface area contributed by atoms with Gasteiger partial charge in [-0.25, -0.2) is 0 Å². The number of rotatable bonds is 4. The Labute approximate surface area is 177 Å². The van der Waals surface area contributed by atoms with E-state index in [9.17, 15) is 0 Å². The van der Waals surface area contributed by atoms with Gasteiger partial charge in [0.25, 0.3) is 0 Å². The Kier molecular flexibility index (Phi) is 4.78. The van der Waals surface area contributed by atoms with Crippen molar-refractivity contribution >= 4 is 22.1 Å². The van der Waals surface area contributed by atoms with Crippen LogP contribution in [-0.2, 0) is 0 Å². The molecular weight excluding hydrogens is 362 g/mol. The molecule has 5 rings (SSSR count). The van der Waals surface area contributed by atoms with Crippen LogP contribution in [0.5, 0.6) is 0 Å². The van der Waals surface area contributed by atoms with Gasteiger partial charge in [0.2, 0.25) is 0 Å². The van der Waals surface area contributed by atoms with Gasteiger partial charge in [-0.15, -0.1) is 0 Å². The van der Waals surface area contributed by atoms with Gasteiger partial charge in [0.15, 0.2) is 0 Å². The smallest absolute Gasteiger partial charge is 0.0414 e. The van der Waals surface area contributed by atoms with Crippen LogP contribution in [0.15, 0.2) is 121 Å². The number of benzene rings is 5. The van der Waals surface area contributed by atoms with E-state index >= 15 is 0 Å². The van der Waals surface area contributed by atoms with E-state index in [-0.39, 0.29) is 0 Å². The minimum atomic E-state index is 1.17. The summed E-state index contributed by atoms with van der Waals surface area (Å²) >= 11 is 0. The molecule has 0 aliphatic carbocycles. The lowest BCUT2D eigenvalue weighted by atomic mass is 10.0. The van der Waals surface area contributed by atoms with Crippen LogP contribution in [0.1, 0.15) is 0 Å². The van der Waals surface area contributed by atoms with Gasteiger partial charge in [-0.1, -0.05) is 91.0 Å². The summed E-state index contributed by atoms with van der Waals surface area (Å²) in [6, 6.07) is 43.1. The van der Waals surface area contributed by atoms with Gasteiger partial charge in [0.1, 0.15) is 0 Å². The summed E-state index contributed by atoms with van der Waals surface area (Å²) < 4.78 is 0. The molecule has 0 aromatic heterocycles. The molecule has 0 spiro atoms. The van der Waals surface area contributed by atoms with Crippen molar-refractivity contribution in [2.24, 2.45) is 0 Å². The third-order valence-electron chi connectivity index (χ3n) is 5.68. The SMILES string of the molecule is CN(c1ccc(-c2ccccc2)cc1)c1ccc2ccc(-c3ccccc3)cc2c1. The minimum Gasteiger partial charge on any atom is -0.345 e. The van der Waals surface area contributed by atoms with E-state index in [0.29, 0.717) is 0 Å². The van der Waals surface area contributed by atoms with Crippen molar-refractivity contribution in [3.8, 4) is 22.3 Å². The lowest BCUT2D eigenvalue weighted by molar-refractivity contribution is 1.21. The van der Waals surface area contributed by atoms with Crippen molar-refractivity contribution in [3.63, 3.8) is 0 Å². The molecule has 0 fully saturated rings. The van der Waals surface area contributed by atoms with E-state index in [0.717, 1.165) is 0 Å². The fraction of sp³-hybridized carbons (Fsp3) is 0.0345. The maximum absolute atomic E-state index is 2.28. The fourth-order valence-corrected chi connectivity index (χ4v) is 3.91. The first-order valence-corrected chi connectivity index (χ1v) is 10.3. The van der Waals surface area contributed by atoms with Crippen molar-refractivity contribution < 1.29 is 0 Å². The molecule has 144 valence electrons. The highest BCUT2D eigenvalue weighted by molar-refractivity contribution is 5.90. The van der Waals surface area contributed by atoms with Crippen LogP contribution in [0.3, 0.4) is 0 Å². The third-order valence-corrected chi connectivity index (χ3v) is 5.68. The Balaban J connectivity index is 1.46. The summed E-state index contributed by atoms with van der Waals surface area (Å²) in [5.41, 5.74) is 7.32. The third kappa shape index (κ3) is 3.58. The van der Waals surface area contributed by atoms with Crippen LogP contribution in [0.25, 0.3) is 33.0 Å². The Hall–Kier alpha value is -3.84. The lowest BCUT2D eigenvalue weighted by Crippen LogP contribution is -2.09. The molecule has 1 nitrogen and oxygen atoms in total. The van der Waals surface area contributed by atoms with Gasteiger partial charge in [-0.05, 0) is 63.4 Å². The number of hydrogen-bond donors (Lipinski definition) is 0. The maximum atomic E-state index is 2.28. The zero-order valence-electron chi connectivity index (χ0n) is 17.0. The fourth-order valence-electron chi connectivity index (χ4n) is 3.91. The molecular formula is C29H23N. The van der Waals surface area contributed by atoms with Crippen LogP contribution in [-0.4, -0.2) is 7.05 Å². The Bertz CT molecular complexity index is 1270. The van der Waals surface area contributed by atoms with Gasteiger partial charge in [0.05, 0.1) is 0 Å². The second-order valence-corrected chi connectivity index (χ2v) is 7.58. The minimum absolute atomic E-state index is 1.17. The van der Waals surface area contributed by atoms with Crippen LogP contribution in [0.2, 0.25) is 0 Å². The zero-order valence-corrected chi connectivity index (χ0v) is 17.0. The highest BCUT2D eigenvalue weighted by Gasteiger charge is 2.07. The first kappa shape index (κ1) is 18.2. The lowest BCUT2D eigenvalue weighted by Gasteiger charge is -2.20. The van der Waals surface area contributed by atoms with E-state index in [1.807, 2.05) is 0 Å². The molecule has 30 heavy (non-hydrogen) atoms. The summed E-state index contributed by atoms with van der Waals surface area (Å²) in [6.07, 6.45) is 0. The average molecular weight is 386 g/mol.